The number of unbranched alkanes of at least 4 members (excludes halogenated alkanes) is 2. The van der Waals surface area contributed by atoms with Gasteiger partial charge in [0.15, 0.2) is 0 Å². The SMILES string of the molecule is CCCCCc1ccc(CN(C(=O)/C=C/c2ccc(C(F)(F)F)cc2)[C@@H](Cc2ccccc2)C(=O)N2CCNCC2)cc1. The maximum atomic E-state index is 14.0. The van der Waals surface area contributed by atoms with Crippen LogP contribution in [0.3, 0.4) is 0 Å². The number of hydrogen-bond donors (Lipinski definition) is 1. The minimum atomic E-state index is -4.44. The number of piperazine rings is 1. The van der Waals surface area contributed by atoms with Gasteiger partial charge in [0.05, 0.1) is 5.56 Å². The average molecular weight is 592 g/mol. The van der Waals surface area contributed by atoms with E-state index in [-0.39, 0.29) is 18.4 Å². The summed E-state index contributed by atoms with van der Waals surface area (Å²) in [6.07, 6.45) is 3.20. The van der Waals surface area contributed by atoms with E-state index in [0.29, 0.717) is 38.2 Å². The molecular weight excluding hydrogens is 551 g/mol. The van der Waals surface area contributed by atoms with E-state index >= 15 is 0 Å². The van der Waals surface area contributed by atoms with Gasteiger partial charge in [0.1, 0.15) is 6.04 Å². The van der Waals surface area contributed by atoms with Crippen LogP contribution < -0.4 is 5.32 Å². The number of nitrogens with one attached hydrogen (secondary N) is 1. The van der Waals surface area contributed by atoms with Gasteiger partial charge in [0.2, 0.25) is 11.8 Å². The second kappa shape index (κ2) is 15.5. The fourth-order valence-corrected chi connectivity index (χ4v) is 5.24. The molecule has 1 aliphatic rings. The van der Waals surface area contributed by atoms with Crippen LogP contribution in [0.2, 0.25) is 0 Å². The lowest BCUT2D eigenvalue weighted by atomic mass is 10.0. The van der Waals surface area contributed by atoms with Crippen molar-refractivity contribution >= 4 is 17.9 Å². The van der Waals surface area contributed by atoms with Gasteiger partial charge in [-0.3, -0.25) is 9.59 Å². The first kappa shape index (κ1) is 32.0. The van der Waals surface area contributed by atoms with Gasteiger partial charge in [-0.05, 0) is 53.3 Å². The van der Waals surface area contributed by atoms with Gasteiger partial charge in [-0.2, -0.15) is 13.2 Å². The summed E-state index contributed by atoms with van der Waals surface area (Å²) in [5.41, 5.74) is 2.79. The Balaban J connectivity index is 1.64. The number of aryl methyl sites for hydroxylation is 1. The molecular formula is C35H40F3N3O2. The zero-order valence-corrected chi connectivity index (χ0v) is 24.7. The second-order valence-electron chi connectivity index (χ2n) is 11.0. The Morgan fingerprint density at radius 2 is 1.53 bits per heavy atom. The highest BCUT2D eigenvalue weighted by Crippen LogP contribution is 2.29. The van der Waals surface area contributed by atoms with Crippen LogP contribution in [0.25, 0.3) is 6.08 Å². The van der Waals surface area contributed by atoms with Gasteiger partial charge in [-0.15, -0.1) is 0 Å². The number of alkyl halides is 3. The molecule has 8 heteroatoms. The summed E-state index contributed by atoms with van der Waals surface area (Å²) in [5.74, 6) is -0.492. The van der Waals surface area contributed by atoms with Crippen LogP contribution in [0.4, 0.5) is 13.2 Å². The topological polar surface area (TPSA) is 52.7 Å². The molecule has 3 aromatic rings. The normalized spacial score (nSPS) is 14.6. The van der Waals surface area contributed by atoms with Crippen molar-refractivity contribution in [2.45, 2.75) is 57.8 Å². The van der Waals surface area contributed by atoms with Crippen molar-refractivity contribution in [3.05, 3.63) is 113 Å². The quantitative estimate of drug-likeness (QED) is 0.193. The van der Waals surface area contributed by atoms with Crippen molar-refractivity contribution in [1.29, 1.82) is 0 Å². The van der Waals surface area contributed by atoms with E-state index in [0.717, 1.165) is 42.5 Å². The first-order valence-corrected chi connectivity index (χ1v) is 15.0. The van der Waals surface area contributed by atoms with E-state index in [1.54, 1.807) is 9.80 Å². The highest BCUT2D eigenvalue weighted by atomic mass is 19.4. The Morgan fingerprint density at radius 3 is 2.16 bits per heavy atom. The molecule has 1 N–H and O–H groups in total. The Labute approximate surface area is 252 Å². The average Bonchev–Trinajstić information content (AvgIpc) is 3.03. The highest BCUT2D eigenvalue weighted by Gasteiger charge is 2.33. The molecule has 43 heavy (non-hydrogen) atoms. The molecule has 228 valence electrons. The zero-order valence-electron chi connectivity index (χ0n) is 24.7. The van der Waals surface area contributed by atoms with Gasteiger partial charge < -0.3 is 15.1 Å². The zero-order chi connectivity index (χ0) is 30.7. The lowest BCUT2D eigenvalue weighted by Gasteiger charge is -2.36. The number of amides is 2. The van der Waals surface area contributed by atoms with Crippen molar-refractivity contribution in [3.63, 3.8) is 0 Å². The summed E-state index contributed by atoms with van der Waals surface area (Å²) in [4.78, 5) is 31.3. The van der Waals surface area contributed by atoms with E-state index in [1.807, 2.05) is 42.5 Å². The van der Waals surface area contributed by atoms with Crippen LogP contribution in [-0.2, 0) is 35.2 Å². The van der Waals surface area contributed by atoms with E-state index in [9.17, 15) is 22.8 Å². The van der Waals surface area contributed by atoms with Gasteiger partial charge >= 0.3 is 6.18 Å². The molecule has 0 bridgehead atoms. The fraction of sp³-hybridized carbons (Fsp3) is 0.371. The third-order valence-corrected chi connectivity index (χ3v) is 7.75. The maximum Gasteiger partial charge on any atom is 0.416 e. The Bertz CT molecular complexity index is 1330. The predicted molar refractivity (Wildman–Crippen MR) is 164 cm³/mol. The molecule has 1 atom stereocenters. The molecule has 3 aromatic carbocycles. The Hall–Kier alpha value is -3.91. The number of carbonyl (C=O) groups excluding carboxylic acids is 2. The smallest absolute Gasteiger partial charge is 0.338 e. The van der Waals surface area contributed by atoms with Crippen molar-refractivity contribution in [3.8, 4) is 0 Å². The van der Waals surface area contributed by atoms with Crippen LogP contribution in [0.5, 0.6) is 0 Å². The van der Waals surface area contributed by atoms with Gasteiger partial charge in [-0.25, -0.2) is 0 Å². The summed E-state index contributed by atoms with van der Waals surface area (Å²) in [5, 5.41) is 3.27. The fourth-order valence-electron chi connectivity index (χ4n) is 5.24. The molecule has 1 saturated heterocycles. The minimum Gasteiger partial charge on any atom is -0.338 e. The van der Waals surface area contributed by atoms with Crippen LogP contribution in [0, 0.1) is 0 Å². The second-order valence-corrected chi connectivity index (χ2v) is 11.0. The highest BCUT2D eigenvalue weighted by molar-refractivity contribution is 5.95. The summed E-state index contributed by atoms with van der Waals surface area (Å²) in [6, 6.07) is 21.7. The number of halogens is 3. The van der Waals surface area contributed by atoms with Crippen LogP contribution in [0.1, 0.15) is 54.0 Å². The number of carbonyl (C=O) groups is 2. The van der Waals surface area contributed by atoms with E-state index < -0.39 is 17.8 Å². The van der Waals surface area contributed by atoms with Crippen molar-refractivity contribution in [1.82, 2.24) is 15.1 Å². The Kier molecular flexibility index (Phi) is 11.6. The lowest BCUT2D eigenvalue weighted by molar-refractivity contribution is -0.144. The molecule has 1 fully saturated rings. The van der Waals surface area contributed by atoms with Gasteiger partial charge in [-0.1, -0.05) is 86.5 Å². The molecule has 5 nitrogen and oxygen atoms in total. The largest absolute Gasteiger partial charge is 0.416 e. The Morgan fingerprint density at radius 1 is 0.884 bits per heavy atom. The molecule has 0 aromatic heterocycles. The molecule has 1 aliphatic heterocycles. The van der Waals surface area contributed by atoms with E-state index in [1.165, 1.54) is 36.3 Å². The molecule has 0 unspecified atom stereocenters. The van der Waals surface area contributed by atoms with Gasteiger partial charge in [0, 0.05) is 45.2 Å². The molecule has 1 heterocycles. The molecule has 0 aliphatic carbocycles. The van der Waals surface area contributed by atoms with Crippen LogP contribution >= 0.6 is 0 Å². The number of benzene rings is 3. The van der Waals surface area contributed by atoms with Crippen molar-refractivity contribution in [2.24, 2.45) is 0 Å². The number of hydrogen-bond acceptors (Lipinski definition) is 3. The first-order chi connectivity index (χ1) is 20.7. The lowest BCUT2D eigenvalue weighted by Crippen LogP contribution is -2.55. The summed E-state index contributed by atoms with van der Waals surface area (Å²) in [7, 11) is 0. The molecule has 4 rings (SSSR count). The van der Waals surface area contributed by atoms with Crippen LogP contribution in [-0.4, -0.2) is 53.8 Å². The number of nitrogens with zero attached hydrogens (tertiary/aromatic N) is 2. The third kappa shape index (κ3) is 9.55. The summed E-state index contributed by atoms with van der Waals surface area (Å²) < 4.78 is 39.1. The predicted octanol–water partition coefficient (Wildman–Crippen LogP) is 6.52. The van der Waals surface area contributed by atoms with E-state index in [4.69, 9.17) is 0 Å². The molecule has 0 radical (unpaired) electrons. The van der Waals surface area contributed by atoms with Gasteiger partial charge in [0.25, 0.3) is 0 Å². The monoisotopic (exact) mass is 591 g/mol. The van der Waals surface area contributed by atoms with Crippen molar-refractivity contribution < 1.29 is 22.8 Å². The molecule has 0 spiro atoms. The first-order valence-electron chi connectivity index (χ1n) is 15.0. The standard InChI is InChI=1S/C35H40F3N3O2/c1-2-3-5-8-27-11-13-30(14-12-27)26-41(33(42)20-17-28-15-18-31(19-16-28)35(36,37)38)32(25-29-9-6-4-7-10-29)34(43)40-23-21-39-22-24-40/h4,6-7,9-20,32,39H,2-3,5,8,21-26H2,1H3/b20-17+/t32-/m0/s1. The molecule has 0 saturated carbocycles. The minimum absolute atomic E-state index is 0.113. The number of rotatable bonds is 12. The van der Waals surface area contributed by atoms with E-state index in [2.05, 4.69) is 24.4 Å². The maximum absolute atomic E-state index is 14.0. The summed E-state index contributed by atoms with van der Waals surface area (Å²) in [6.45, 7) is 4.88. The van der Waals surface area contributed by atoms with Crippen molar-refractivity contribution in [2.75, 3.05) is 26.2 Å². The molecule has 2 amide bonds. The third-order valence-electron chi connectivity index (χ3n) is 7.75. The summed E-state index contributed by atoms with van der Waals surface area (Å²) >= 11 is 0. The van der Waals surface area contributed by atoms with Crippen LogP contribution in [0.15, 0.2) is 84.9 Å².